The normalized spacial score (nSPS) is 9.95. The van der Waals surface area contributed by atoms with Gasteiger partial charge in [-0.05, 0) is 35.9 Å². The molecule has 0 saturated carbocycles. The summed E-state index contributed by atoms with van der Waals surface area (Å²) in [5.41, 5.74) is 6.61. The molecule has 0 radical (unpaired) electrons. The van der Waals surface area contributed by atoms with Crippen LogP contribution >= 0.6 is 0 Å². The van der Waals surface area contributed by atoms with E-state index in [-0.39, 0.29) is 5.91 Å². The van der Waals surface area contributed by atoms with Crippen LogP contribution in [0.1, 0.15) is 15.9 Å². The van der Waals surface area contributed by atoms with Crippen molar-refractivity contribution in [2.75, 3.05) is 5.32 Å². The molecular weight excluding hydrogens is 273 g/mol. The fraction of sp³-hybridized carbons (Fsp3) is 0.0667. The van der Waals surface area contributed by atoms with E-state index >= 15 is 0 Å². The Balaban J connectivity index is 2.01. The standard InChI is InChI=1S/C15H14FN3O2/c16-12-2-1-3-13(8-12)19-14(20)11-6-4-10(5-7-11)9-18-15(17)21/h1-8H,9H2,(H,19,20)(H3,17,18,21). The van der Waals surface area contributed by atoms with E-state index in [1.54, 1.807) is 30.3 Å². The van der Waals surface area contributed by atoms with Crippen LogP contribution in [0.5, 0.6) is 0 Å². The molecule has 21 heavy (non-hydrogen) atoms. The Morgan fingerprint density at radius 2 is 1.81 bits per heavy atom. The van der Waals surface area contributed by atoms with Crippen molar-refractivity contribution in [2.24, 2.45) is 5.73 Å². The first kappa shape index (κ1) is 14.5. The number of hydrogen-bond donors (Lipinski definition) is 3. The lowest BCUT2D eigenvalue weighted by atomic mass is 10.1. The molecule has 2 rings (SSSR count). The van der Waals surface area contributed by atoms with E-state index in [4.69, 9.17) is 5.73 Å². The Hall–Kier alpha value is -2.89. The van der Waals surface area contributed by atoms with E-state index in [2.05, 4.69) is 10.6 Å². The third-order valence-electron chi connectivity index (χ3n) is 2.77. The number of anilines is 1. The number of amides is 3. The van der Waals surface area contributed by atoms with Gasteiger partial charge in [0.15, 0.2) is 0 Å². The number of urea groups is 1. The summed E-state index contributed by atoms with van der Waals surface area (Å²) in [6.45, 7) is 0.293. The van der Waals surface area contributed by atoms with Crippen molar-refractivity contribution in [3.63, 3.8) is 0 Å². The molecule has 2 aromatic rings. The van der Waals surface area contributed by atoms with Gasteiger partial charge in [0, 0.05) is 17.8 Å². The number of benzene rings is 2. The minimum absolute atomic E-state index is 0.293. The quantitative estimate of drug-likeness (QED) is 0.805. The van der Waals surface area contributed by atoms with Crippen molar-refractivity contribution in [3.05, 3.63) is 65.5 Å². The number of carbonyl (C=O) groups is 2. The van der Waals surface area contributed by atoms with Crippen LogP contribution in [0.2, 0.25) is 0 Å². The molecule has 0 aliphatic carbocycles. The average molecular weight is 287 g/mol. The van der Waals surface area contributed by atoms with E-state index in [0.29, 0.717) is 17.8 Å². The second-order valence-electron chi connectivity index (χ2n) is 4.38. The van der Waals surface area contributed by atoms with Crippen LogP contribution in [0, 0.1) is 5.82 Å². The predicted octanol–water partition coefficient (Wildman–Crippen LogP) is 2.25. The molecule has 6 heteroatoms. The third-order valence-corrected chi connectivity index (χ3v) is 2.77. The number of halogens is 1. The first-order valence-electron chi connectivity index (χ1n) is 6.24. The van der Waals surface area contributed by atoms with Crippen LogP contribution in [0.4, 0.5) is 14.9 Å². The van der Waals surface area contributed by atoms with Gasteiger partial charge in [-0.25, -0.2) is 9.18 Å². The molecule has 0 atom stereocenters. The minimum Gasteiger partial charge on any atom is -0.352 e. The van der Waals surface area contributed by atoms with Crippen molar-refractivity contribution in [3.8, 4) is 0 Å². The topological polar surface area (TPSA) is 84.2 Å². The van der Waals surface area contributed by atoms with Gasteiger partial charge in [-0.2, -0.15) is 0 Å². The molecular formula is C15H14FN3O2. The molecule has 0 aromatic heterocycles. The summed E-state index contributed by atoms with van der Waals surface area (Å²) in [5.74, 6) is -0.754. The first-order chi connectivity index (χ1) is 10.0. The highest BCUT2D eigenvalue weighted by atomic mass is 19.1. The maximum absolute atomic E-state index is 13.0. The molecule has 0 spiro atoms. The summed E-state index contributed by atoms with van der Waals surface area (Å²) in [4.78, 5) is 22.6. The van der Waals surface area contributed by atoms with Crippen LogP contribution in [-0.4, -0.2) is 11.9 Å². The van der Waals surface area contributed by atoms with Gasteiger partial charge in [-0.3, -0.25) is 4.79 Å². The number of nitrogens with two attached hydrogens (primary N) is 1. The monoisotopic (exact) mass is 287 g/mol. The van der Waals surface area contributed by atoms with Crippen LogP contribution in [0.15, 0.2) is 48.5 Å². The Morgan fingerprint density at radius 1 is 1.10 bits per heavy atom. The van der Waals surface area contributed by atoms with Crippen LogP contribution in [0.3, 0.4) is 0 Å². The Kier molecular flexibility index (Phi) is 4.50. The largest absolute Gasteiger partial charge is 0.352 e. The second kappa shape index (κ2) is 6.51. The summed E-state index contributed by atoms with van der Waals surface area (Å²) < 4.78 is 13.0. The fourth-order valence-electron chi connectivity index (χ4n) is 1.73. The highest BCUT2D eigenvalue weighted by molar-refractivity contribution is 6.04. The fourth-order valence-corrected chi connectivity index (χ4v) is 1.73. The molecule has 0 bridgehead atoms. The van der Waals surface area contributed by atoms with Crippen molar-refractivity contribution in [1.29, 1.82) is 0 Å². The molecule has 108 valence electrons. The Bertz CT molecular complexity index is 656. The zero-order valence-electron chi connectivity index (χ0n) is 11.1. The second-order valence-corrected chi connectivity index (χ2v) is 4.38. The molecule has 0 saturated heterocycles. The zero-order valence-corrected chi connectivity index (χ0v) is 11.1. The van der Waals surface area contributed by atoms with Gasteiger partial charge in [-0.15, -0.1) is 0 Å². The van der Waals surface area contributed by atoms with E-state index in [1.165, 1.54) is 18.2 Å². The molecule has 0 aliphatic rings. The smallest absolute Gasteiger partial charge is 0.312 e. The van der Waals surface area contributed by atoms with Crippen molar-refractivity contribution >= 4 is 17.6 Å². The van der Waals surface area contributed by atoms with Gasteiger partial charge in [0.25, 0.3) is 5.91 Å². The van der Waals surface area contributed by atoms with E-state index < -0.39 is 11.8 Å². The molecule has 5 nitrogen and oxygen atoms in total. The molecule has 3 amide bonds. The Labute approximate surface area is 121 Å². The summed E-state index contributed by atoms with van der Waals surface area (Å²) in [6.07, 6.45) is 0. The van der Waals surface area contributed by atoms with Crippen molar-refractivity contribution < 1.29 is 14.0 Å². The van der Waals surface area contributed by atoms with E-state index in [9.17, 15) is 14.0 Å². The summed E-state index contributed by atoms with van der Waals surface area (Å²) >= 11 is 0. The SMILES string of the molecule is NC(=O)NCc1ccc(C(=O)Nc2cccc(F)c2)cc1. The van der Waals surface area contributed by atoms with E-state index in [1.807, 2.05) is 0 Å². The summed E-state index contributed by atoms with van der Waals surface area (Å²) in [5, 5.41) is 5.05. The highest BCUT2D eigenvalue weighted by Crippen LogP contribution is 2.12. The van der Waals surface area contributed by atoms with Crippen LogP contribution in [-0.2, 0) is 6.54 Å². The summed E-state index contributed by atoms with van der Waals surface area (Å²) in [7, 11) is 0. The maximum atomic E-state index is 13.0. The van der Waals surface area contributed by atoms with Gasteiger partial charge in [-0.1, -0.05) is 18.2 Å². The third kappa shape index (κ3) is 4.31. The first-order valence-corrected chi connectivity index (χ1v) is 6.24. The van der Waals surface area contributed by atoms with Crippen LogP contribution in [0.25, 0.3) is 0 Å². The molecule has 0 fully saturated rings. The molecule has 2 aromatic carbocycles. The molecule has 4 N–H and O–H groups in total. The highest BCUT2D eigenvalue weighted by Gasteiger charge is 2.06. The lowest BCUT2D eigenvalue weighted by Gasteiger charge is -2.07. The van der Waals surface area contributed by atoms with Crippen LogP contribution < -0.4 is 16.4 Å². The lowest BCUT2D eigenvalue weighted by Crippen LogP contribution is -2.28. The van der Waals surface area contributed by atoms with E-state index in [0.717, 1.165) is 5.56 Å². The van der Waals surface area contributed by atoms with Crippen molar-refractivity contribution in [2.45, 2.75) is 6.54 Å². The van der Waals surface area contributed by atoms with Gasteiger partial charge < -0.3 is 16.4 Å². The number of primary amides is 1. The number of hydrogen-bond acceptors (Lipinski definition) is 2. The van der Waals surface area contributed by atoms with Crippen molar-refractivity contribution in [1.82, 2.24) is 5.32 Å². The lowest BCUT2D eigenvalue weighted by molar-refractivity contribution is 0.102. The number of rotatable bonds is 4. The predicted molar refractivity (Wildman–Crippen MR) is 77.2 cm³/mol. The van der Waals surface area contributed by atoms with Gasteiger partial charge in [0.2, 0.25) is 0 Å². The average Bonchev–Trinajstić information content (AvgIpc) is 2.45. The van der Waals surface area contributed by atoms with Gasteiger partial charge >= 0.3 is 6.03 Å². The molecule has 0 heterocycles. The molecule has 0 unspecified atom stereocenters. The van der Waals surface area contributed by atoms with Gasteiger partial charge in [0.1, 0.15) is 5.82 Å². The van der Waals surface area contributed by atoms with Gasteiger partial charge in [0.05, 0.1) is 0 Å². The Morgan fingerprint density at radius 3 is 2.43 bits per heavy atom. The zero-order chi connectivity index (χ0) is 15.2. The minimum atomic E-state index is -0.608. The maximum Gasteiger partial charge on any atom is 0.312 e. The molecule has 0 aliphatic heterocycles. The summed E-state index contributed by atoms with van der Waals surface area (Å²) in [6, 6.07) is 11.7. The number of nitrogens with one attached hydrogen (secondary N) is 2. The number of carbonyl (C=O) groups excluding carboxylic acids is 2.